The highest BCUT2D eigenvalue weighted by Gasteiger charge is 2.20. The monoisotopic (exact) mass is 276 g/mol. The fourth-order valence-corrected chi connectivity index (χ4v) is 1.79. The number of amides is 2. The smallest absolute Gasteiger partial charge is 0.274 e. The lowest BCUT2D eigenvalue weighted by molar-refractivity contribution is -0.385. The van der Waals surface area contributed by atoms with Gasteiger partial charge < -0.3 is 5.32 Å². The molecular formula is C12H12N4O4. The molecule has 1 aromatic carbocycles. The Morgan fingerprint density at radius 2 is 2.20 bits per heavy atom. The molecule has 104 valence electrons. The first-order valence-electron chi connectivity index (χ1n) is 5.90. The molecule has 2 rings (SSSR count). The molecule has 8 nitrogen and oxygen atoms in total. The van der Waals surface area contributed by atoms with E-state index >= 15 is 0 Å². The fraction of sp³-hybridized carbons (Fsp3) is 0.250. The topological polar surface area (TPSA) is 114 Å². The van der Waals surface area contributed by atoms with Crippen molar-refractivity contribution < 1.29 is 14.5 Å². The molecule has 0 fully saturated rings. The molecule has 20 heavy (non-hydrogen) atoms. The van der Waals surface area contributed by atoms with Crippen LogP contribution in [0, 0.1) is 17.0 Å². The average molecular weight is 276 g/mol. The molecule has 1 heterocycles. The fourth-order valence-electron chi connectivity index (χ4n) is 1.79. The number of nitro groups is 1. The molecule has 2 amide bonds. The quantitative estimate of drug-likeness (QED) is 0.635. The maximum Gasteiger partial charge on any atom is 0.274 e. The Bertz CT molecular complexity index is 624. The highest BCUT2D eigenvalue weighted by molar-refractivity contribution is 6.43. The molecule has 1 aliphatic heterocycles. The number of hydrazone groups is 1. The first-order chi connectivity index (χ1) is 9.49. The SMILES string of the molecule is Cc1c(NC(=O)C2=NNC(=O)CC2)cccc1[N+](=O)[O-]. The van der Waals surface area contributed by atoms with E-state index in [2.05, 4.69) is 15.8 Å². The number of hydrogen-bond acceptors (Lipinski definition) is 5. The third-order valence-electron chi connectivity index (χ3n) is 2.92. The van der Waals surface area contributed by atoms with E-state index in [0.29, 0.717) is 11.3 Å². The van der Waals surface area contributed by atoms with Crippen LogP contribution in [0.2, 0.25) is 0 Å². The van der Waals surface area contributed by atoms with E-state index in [-0.39, 0.29) is 30.1 Å². The molecule has 2 N–H and O–H groups in total. The molecule has 8 heteroatoms. The van der Waals surface area contributed by atoms with E-state index in [1.807, 2.05) is 0 Å². The molecule has 0 aliphatic carbocycles. The molecule has 0 spiro atoms. The first-order valence-corrected chi connectivity index (χ1v) is 5.90. The summed E-state index contributed by atoms with van der Waals surface area (Å²) in [7, 11) is 0. The van der Waals surface area contributed by atoms with Gasteiger partial charge >= 0.3 is 0 Å². The van der Waals surface area contributed by atoms with E-state index in [1.54, 1.807) is 13.0 Å². The van der Waals surface area contributed by atoms with Gasteiger partial charge in [0.2, 0.25) is 5.91 Å². The number of carbonyl (C=O) groups excluding carboxylic acids is 2. The summed E-state index contributed by atoms with van der Waals surface area (Å²) < 4.78 is 0. The number of carbonyl (C=O) groups is 2. The largest absolute Gasteiger partial charge is 0.320 e. The summed E-state index contributed by atoms with van der Waals surface area (Å²) in [5.74, 6) is -0.721. The van der Waals surface area contributed by atoms with E-state index in [4.69, 9.17) is 0 Å². The van der Waals surface area contributed by atoms with Gasteiger partial charge in [-0.1, -0.05) is 6.07 Å². The zero-order valence-corrected chi connectivity index (χ0v) is 10.7. The van der Waals surface area contributed by atoms with Crippen LogP contribution in [0.15, 0.2) is 23.3 Å². The van der Waals surface area contributed by atoms with Crippen molar-refractivity contribution in [2.75, 3.05) is 5.32 Å². The Morgan fingerprint density at radius 1 is 1.45 bits per heavy atom. The minimum atomic E-state index is -0.511. The van der Waals surface area contributed by atoms with Crippen LogP contribution < -0.4 is 10.7 Å². The van der Waals surface area contributed by atoms with Gasteiger partial charge in [0.15, 0.2) is 0 Å². The number of rotatable bonds is 3. The number of nitro benzene ring substituents is 1. The van der Waals surface area contributed by atoms with Gasteiger partial charge in [0, 0.05) is 18.9 Å². The molecular weight excluding hydrogens is 264 g/mol. The van der Waals surface area contributed by atoms with Crippen molar-refractivity contribution in [3.63, 3.8) is 0 Å². The molecule has 0 saturated carbocycles. The van der Waals surface area contributed by atoms with Crippen LogP contribution in [-0.4, -0.2) is 22.4 Å². The Labute approximate surface area is 114 Å². The van der Waals surface area contributed by atoms with Gasteiger partial charge in [-0.3, -0.25) is 19.7 Å². The molecule has 0 radical (unpaired) electrons. The van der Waals surface area contributed by atoms with Crippen molar-refractivity contribution in [1.29, 1.82) is 0 Å². The number of nitrogens with zero attached hydrogens (tertiary/aromatic N) is 2. The van der Waals surface area contributed by atoms with Crippen molar-refractivity contribution in [2.45, 2.75) is 19.8 Å². The van der Waals surface area contributed by atoms with E-state index in [9.17, 15) is 19.7 Å². The first kappa shape index (κ1) is 13.7. The predicted octanol–water partition coefficient (Wildman–Crippen LogP) is 1.11. The lowest BCUT2D eigenvalue weighted by Crippen LogP contribution is -2.32. The Morgan fingerprint density at radius 3 is 2.80 bits per heavy atom. The summed E-state index contributed by atoms with van der Waals surface area (Å²) in [6, 6.07) is 4.43. The van der Waals surface area contributed by atoms with Crippen LogP contribution >= 0.6 is 0 Å². The van der Waals surface area contributed by atoms with Gasteiger partial charge in [-0.05, 0) is 13.0 Å². The third kappa shape index (κ3) is 2.79. The van der Waals surface area contributed by atoms with Crippen LogP contribution in [0.4, 0.5) is 11.4 Å². The Kier molecular flexibility index (Phi) is 3.74. The Hall–Kier alpha value is -2.77. The van der Waals surface area contributed by atoms with Crippen molar-refractivity contribution in [2.24, 2.45) is 5.10 Å². The van der Waals surface area contributed by atoms with Gasteiger partial charge in [-0.15, -0.1) is 0 Å². The lowest BCUT2D eigenvalue weighted by atomic mass is 10.1. The van der Waals surface area contributed by atoms with Crippen molar-refractivity contribution in [3.8, 4) is 0 Å². The average Bonchev–Trinajstić information content (AvgIpc) is 2.41. The van der Waals surface area contributed by atoms with E-state index in [1.165, 1.54) is 12.1 Å². The summed E-state index contributed by atoms with van der Waals surface area (Å²) in [5.41, 5.74) is 3.06. The van der Waals surface area contributed by atoms with E-state index < -0.39 is 10.8 Å². The van der Waals surface area contributed by atoms with Crippen LogP contribution in [-0.2, 0) is 9.59 Å². The van der Waals surface area contributed by atoms with Crippen LogP contribution in [0.1, 0.15) is 18.4 Å². The van der Waals surface area contributed by atoms with Gasteiger partial charge in [0.1, 0.15) is 5.71 Å². The maximum absolute atomic E-state index is 11.9. The van der Waals surface area contributed by atoms with Crippen LogP contribution in [0.25, 0.3) is 0 Å². The zero-order chi connectivity index (χ0) is 14.7. The summed E-state index contributed by atoms with van der Waals surface area (Å²) >= 11 is 0. The highest BCUT2D eigenvalue weighted by Crippen LogP contribution is 2.25. The highest BCUT2D eigenvalue weighted by atomic mass is 16.6. The summed E-state index contributed by atoms with van der Waals surface area (Å²) in [5, 5.41) is 17.0. The van der Waals surface area contributed by atoms with Gasteiger partial charge in [-0.25, -0.2) is 5.43 Å². The third-order valence-corrected chi connectivity index (χ3v) is 2.92. The second-order valence-electron chi connectivity index (χ2n) is 4.25. The normalized spacial score (nSPS) is 14.2. The predicted molar refractivity (Wildman–Crippen MR) is 71.3 cm³/mol. The van der Waals surface area contributed by atoms with Gasteiger partial charge in [-0.2, -0.15) is 5.10 Å². The van der Waals surface area contributed by atoms with Crippen molar-refractivity contribution >= 4 is 28.9 Å². The standard InChI is InChI=1S/C12H12N4O4/c1-7-8(3-2-4-10(7)16(19)20)13-12(18)9-5-6-11(17)15-14-9/h2-4H,5-6H2,1H3,(H,13,18)(H,15,17). The Balaban J connectivity index is 2.18. The molecule has 1 aliphatic rings. The van der Waals surface area contributed by atoms with Crippen LogP contribution in [0.3, 0.4) is 0 Å². The van der Waals surface area contributed by atoms with Crippen molar-refractivity contribution in [1.82, 2.24) is 5.43 Å². The number of anilines is 1. The number of nitrogens with one attached hydrogen (secondary N) is 2. The molecule has 0 bridgehead atoms. The molecule has 0 saturated heterocycles. The van der Waals surface area contributed by atoms with Crippen molar-refractivity contribution in [3.05, 3.63) is 33.9 Å². The maximum atomic E-state index is 11.9. The van der Waals surface area contributed by atoms with E-state index in [0.717, 1.165) is 0 Å². The lowest BCUT2D eigenvalue weighted by Gasteiger charge is -2.13. The summed E-state index contributed by atoms with van der Waals surface area (Å²) in [6.07, 6.45) is 0.436. The van der Waals surface area contributed by atoms with Gasteiger partial charge in [0.05, 0.1) is 16.2 Å². The molecule has 0 aromatic heterocycles. The second-order valence-corrected chi connectivity index (χ2v) is 4.25. The summed E-state index contributed by atoms with van der Waals surface area (Å²) in [4.78, 5) is 33.2. The second kappa shape index (κ2) is 5.47. The van der Waals surface area contributed by atoms with Crippen LogP contribution in [0.5, 0.6) is 0 Å². The molecule has 0 unspecified atom stereocenters. The zero-order valence-electron chi connectivity index (χ0n) is 10.7. The molecule has 1 aromatic rings. The minimum absolute atomic E-state index is 0.0679. The number of benzene rings is 1. The minimum Gasteiger partial charge on any atom is -0.320 e. The number of hydrogen-bond donors (Lipinski definition) is 2. The van der Waals surface area contributed by atoms with Gasteiger partial charge in [0.25, 0.3) is 11.6 Å². The molecule has 0 atom stereocenters. The summed E-state index contributed by atoms with van der Waals surface area (Å²) in [6.45, 7) is 1.55.